The van der Waals surface area contributed by atoms with E-state index in [-0.39, 0.29) is 5.56 Å². The average molecular weight is 588 g/mol. The molecule has 0 unspecified atom stereocenters. The van der Waals surface area contributed by atoms with E-state index in [0.717, 1.165) is 45.1 Å². The molecule has 10 heteroatoms. The molecule has 0 aliphatic rings. The van der Waals surface area contributed by atoms with Crippen LogP contribution in [0.25, 0.3) is 66.2 Å². The SMILES string of the molecule is N#Cc1ccc(-c2cc3c(-c4ccc(-c5c(F)c(F)c(C#N)c(F)c5F)cc4)nc4ccccc4c3c3nsnc23)cc1. The molecule has 204 valence electrons. The molecular weight excluding hydrogens is 574 g/mol. The zero-order chi connectivity index (χ0) is 29.8. The number of aromatic nitrogens is 3. The molecule has 0 saturated heterocycles. The van der Waals surface area contributed by atoms with Gasteiger partial charge in [-0.2, -0.15) is 19.3 Å². The number of nitrogens with zero attached hydrogens (tertiary/aromatic N) is 5. The van der Waals surface area contributed by atoms with Crippen molar-refractivity contribution in [3.05, 3.63) is 113 Å². The highest BCUT2D eigenvalue weighted by atomic mass is 32.1. The summed E-state index contributed by atoms with van der Waals surface area (Å²) < 4.78 is 67.4. The number of pyridine rings is 1. The average Bonchev–Trinajstić information content (AvgIpc) is 3.54. The standard InChI is InChI=1S/C33H13F4N5S/c34-27-23(15-39)28(35)30(37)25(29(27)36)18-9-11-19(12-10-18)31-22-13-21(17-7-5-16(14-38)6-8-17)32-33(42-43-41-32)26(22)20-3-1-2-4-24(20)40-31/h1-13H. The molecule has 7 aromatic rings. The summed E-state index contributed by atoms with van der Waals surface area (Å²) in [5, 5.41) is 20.6. The maximum atomic E-state index is 14.8. The summed E-state index contributed by atoms with van der Waals surface area (Å²) in [6.07, 6.45) is 0. The van der Waals surface area contributed by atoms with E-state index in [9.17, 15) is 22.8 Å². The smallest absolute Gasteiger partial charge is 0.180 e. The third-order valence-corrected chi connectivity index (χ3v) is 7.87. The van der Waals surface area contributed by atoms with Crippen LogP contribution in [0.4, 0.5) is 17.6 Å². The topological polar surface area (TPSA) is 86.2 Å². The molecule has 0 bridgehead atoms. The van der Waals surface area contributed by atoms with Gasteiger partial charge in [-0.1, -0.05) is 54.6 Å². The van der Waals surface area contributed by atoms with E-state index in [2.05, 4.69) is 14.8 Å². The van der Waals surface area contributed by atoms with E-state index >= 15 is 0 Å². The molecule has 7 rings (SSSR count). The van der Waals surface area contributed by atoms with Crippen LogP contribution in [0.1, 0.15) is 11.1 Å². The number of hydrogen-bond donors (Lipinski definition) is 0. The molecule has 0 spiro atoms. The van der Waals surface area contributed by atoms with Crippen molar-refractivity contribution in [2.45, 2.75) is 0 Å². The highest BCUT2D eigenvalue weighted by Gasteiger charge is 2.26. The van der Waals surface area contributed by atoms with E-state index in [1.165, 1.54) is 12.1 Å². The predicted molar refractivity (Wildman–Crippen MR) is 156 cm³/mol. The first-order chi connectivity index (χ1) is 20.9. The number of para-hydroxylation sites is 1. The predicted octanol–water partition coefficient (Wildman–Crippen LogP) is 8.69. The lowest BCUT2D eigenvalue weighted by atomic mass is 9.93. The molecule has 43 heavy (non-hydrogen) atoms. The molecular formula is C33H13F4N5S. The Kier molecular flexibility index (Phi) is 6.08. The molecule has 0 fully saturated rings. The van der Waals surface area contributed by atoms with Gasteiger partial charge in [-0.3, -0.25) is 0 Å². The van der Waals surface area contributed by atoms with Gasteiger partial charge in [0.05, 0.1) is 40.1 Å². The summed E-state index contributed by atoms with van der Waals surface area (Å²) in [4.78, 5) is 4.92. The number of fused-ring (bicyclic) bond motifs is 5. The Labute approximate surface area is 244 Å². The molecule has 2 heterocycles. The second-order valence-electron chi connectivity index (χ2n) is 9.67. The van der Waals surface area contributed by atoms with Gasteiger partial charge in [0.15, 0.2) is 23.3 Å². The van der Waals surface area contributed by atoms with E-state index < -0.39 is 34.4 Å². The van der Waals surface area contributed by atoms with Crippen LogP contribution in [-0.4, -0.2) is 13.7 Å². The fraction of sp³-hybridized carbons (Fsp3) is 0. The molecule has 0 saturated carbocycles. The van der Waals surface area contributed by atoms with Crippen LogP contribution in [0.3, 0.4) is 0 Å². The van der Waals surface area contributed by atoms with Crippen molar-refractivity contribution in [1.82, 2.24) is 13.7 Å². The van der Waals surface area contributed by atoms with E-state index in [1.54, 1.807) is 24.3 Å². The van der Waals surface area contributed by atoms with Crippen LogP contribution < -0.4 is 0 Å². The second-order valence-corrected chi connectivity index (χ2v) is 10.2. The van der Waals surface area contributed by atoms with Crippen molar-refractivity contribution in [3.63, 3.8) is 0 Å². The van der Waals surface area contributed by atoms with Crippen LogP contribution in [-0.2, 0) is 0 Å². The summed E-state index contributed by atoms with van der Waals surface area (Å²) >= 11 is 1.08. The van der Waals surface area contributed by atoms with Gasteiger partial charge in [0.2, 0.25) is 0 Å². The van der Waals surface area contributed by atoms with Gasteiger partial charge in [-0.15, -0.1) is 0 Å². The van der Waals surface area contributed by atoms with Crippen LogP contribution in [0.2, 0.25) is 0 Å². The van der Waals surface area contributed by atoms with Crippen LogP contribution in [0.5, 0.6) is 0 Å². The number of rotatable bonds is 3. The molecule has 2 aromatic heterocycles. The highest BCUT2D eigenvalue weighted by Crippen LogP contribution is 2.41. The van der Waals surface area contributed by atoms with Crippen molar-refractivity contribution in [3.8, 4) is 45.6 Å². The lowest BCUT2D eigenvalue weighted by Crippen LogP contribution is -2.03. The van der Waals surface area contributed by atoms with E-state index in [1.807, 2.05) is 42.5 Å². The fourth-order valence-electron chi connectivity index (χ4n) is 5.31. The summed E-state index contributed by atoms with van der Waals surface area (Å²) in [7, 11) is 0. The van der Waals surface area contributed by atoms with Gasteiger partial charge in [0.1, 0.15) is 22.7 Å². The van der Waals surface area contributed by atoms with Crippen molar-refractivity contribution < 1.29 is 17.6 Å². The maximum absolute atomic E-state index is 14.8. The quantitative estimate of drug-likeness (QED) is 0.117. The molecule has 0 atom stereocenters. The fourth-order valence-corrected chi connectivity index (χ4v) is 5.87. The van der Waals surface area contributed by atoms with Gasteiger partial charge in [0, 0.05) is 27.3 Å². The van der Waals surface area contributed by atoms with Gasteiger partial charge < -0.3 is 0 Å². The Morgan fingerprint density at radius 1 is 0.628 bits per heavy atom. The molecule has 5 aromatic carbocycles. The second kappa shape index (κ2) is 9.98. The maximum Gasteiger partial charge on any atom is 0.180 e. The Morgan fingerprint density at radius 2 is 1.26 bits per heavy atom. The van der Waals surface area contributed by atoms with Crippen LogP contribution in [0, 0.1) is 45.9 Å². The molecule has 0 amide bonds. The summed E-state index contributed by atoms with van der Waals surface area (Å²) in [5.74, 6) is -6.80. The largest absolute Gasteiger partial charge is 0.247 e. The summed E-state index contributed by atoms with van der Waals surface area (Å²) in [6.45, 7) is 0. The van der Waals surface area contributed by atoms with Crippen molar-refractivity contribution in [1.29, 1.82) is 10.5 Å². The highest BCUT2D eigenvalue weighted by molar-refractivity contribution is 7.00. The first-order valence-corrected chi connectivity index (χ1v) is 13.5. The first-order valence-electron chi connectivity index (χ1n) is 12.8. The van der Waals surface area contributed by atoms with Gasteiger partial charge in [-0.05, 0) is 35.4 Å². The number of benzene rings is 5. The molecule has 0 radical (unpaired) electrons. The Bertz CT molecular complexity index is 2320. The molecule has 5 nitrogen and oxygen atoms in total. The number of nitriles is 2. The van der Waals surface area contributed by atoms with Crippen molar-refractivity contribution in [2.24, 2.45) is 0 Å². The lowest BCUT2D eigenvalue weighted by Gasteiger charge is -2.14. The van der Waals surface area contributed by atoms with Gasteiger partial charge in [0.25, 0.3) is 0 Å². The number of hydrogen-bond acceptors (Lipinski definition) is 6. The lowest BCUT2D eigenvalue weighted by molar-refractivity contribution is 0.454. The zero-order valence-electron chi connectivity index (χ0n) is 21.7. The number of halogens is 4. The summed E-state index contributed by atoms with van der Waals surface area (Å²) in [6, 6.07) is 25.7. The minimum Gasteiger partial charge on any atom is -0.247 e. The third-order valence-electron chi connectivity index (χ3n) is 7.35. The van der Waals surface area contributed by atoms with Gasteiger partial charge in [-0.25, -0.2) is 22.5 Å². The Hall–Kier alpha value is -5.71. The van der Waals surface area contributed by atoms with Crippen molar-refractivity contribution >= 4 is 44.4 Å². The summed E-state index contributed by atoms with van der Waals surface area (Å²) in [5.41, 5.74) is 2.94. The Morgan fingerprint density at radius 3 is 1.93 bits per heavy atom. The molecule has 0 N–H and O–H groups in total. The normalized spacial score (nSPS) is 11.2. The minimum absolute atomic E-state index is 0.115. The van der Waals surface area contributed by atoms with Crippen LogP contribution >= 0.6 is 11.7 Å². The Balaban J connectivity index is 1.48. The molecule has 0 aliphatic carbocycles. The monoisotopic (exact) mass is 587 g/mol. The molecule has 0 aliphatic heterocycles. The zero-order valence-corrected chi connectivity index (χ0v) is 22.5. The van der Waals surface area contributed by atoms with Crippen LogP contribution in [0.15, 0.2) is 78.9 Å². The third kappa shape index (κ3) is 4.00. The van der Waals surface area contributed by atoms with Crippen molar-refractivity contribution in [2.75, 3.05) is 0 Å². The van der Waals surface area contributed by atoms with E-state index in [0.29, 0.717) is 33.4 Å². The van der Waals surface area contributed by atoms with Gasteiger partial charge >= 0.3 is 0 Å². The van der Waals surface area contributed by atoms with E-state index in [4.69, 9.17) is 10.2 Å². The minimum atomic E-state index is -1.75. The first kappa shape index (κ1) is 26.2.